The number of hydrogen-bond acceptors (Lipinski definition) is 7. The number of aryl methyl sites for hydroxylation is 1. The van der Waals surface area contributed by atoms with Gasteiger partial charge < -0.3 is 16.4 Å². The first kappa shape index (κ1) is 27.2. The Bertz CT molecular complexity index is 1000. The van der Waals surface area contributed by atoms with Crippen LogP contribution in [0.15, 0.2) is 24.5 Å². The van der Waals surface area contributed by atoms with Crippen molar-refractivity contribution in [3.63, 3.8) is 0 Å². The van der Waals surface area contributed by atoms with Crippen molar-refractivity contribution in [3.05, 3.63) is 30.1 Å². The molecular weight excluding hydrogens is 452 g/mol. The minimum Gasteiger partial charge on any atom is -0.393 e. The Hall–Kier alpha value is -2.41. The van der Waals surface area contributed by atoms with E-state index in [1.807, 2.05) is 0 Å². The number of thiazole rings is 1. The number of unbranched alkanes of at least 4 members (excludes halogenated alkanes) is 13. The van der Waals surface area contributed by atoms with Gasteiger partial charge in [-0.15, -0.1) is 0 Å². The number of nitrogens with zero attached hydrogens (tertiary/aromatic N) is 3. The van der Waals surface area contributed by atoms with Gasteiger partial charge in [0.1, 0.15) is 12.0 Å². The highest BCUT2D eigenvalue weighted by Gasteiger charge is 2.11. The fraction of sp³-hybridized carbons (Fsp3) is 0.607. The zero-order chi connectivity index (χ0) is 24.7. The maximum Gasteiger partial charge on any atom is 0.189 e. The average molecular weight is 497 g/mol. The van der Waals surface area contributed by atoms with Gasteiger partial charge in [0.05, 0.1) is 10.2 Å². The number of nitrogen functional groups attached to an aromatic ring is 1. The molecule has 0 aliphatic heterocycles. The maximum absolute atomic E-state index is 6.34. The topological polar surface area (TPSA) is 88.8 Å². The molecular formula is C28H44N6S. The lowest BCUT2D eigenvalue weighted by molar-refractivity contribution is 0.537. The van der Waals surface area contributed by atoms with Crippen LogP contribution in [0.4, 0.5) is 22.5 Å². The van der Waals surface area contributed by atoms with Crippen molar-refractivity contribution in [1.29, 1.82) is 0 Å². The molecule has 7 heteroatoms. The molecule has 3 rings (SSSR count). The number of anilines is 4. The van der Waals surface area contributed by atoms with Crippen molar-refractivity contribution in [2.24, 2.45) is 0 Å². The van der Waals surface area contributed by atoms with Crippen LogP contribution in [0.1, 0.15) is 102 Å². The van der Waals surface area contributed by atoms with Gasteiger partial charge in [0.25, 0.3) is 0 Å². The van der Waals surface area contributed by atoms with Crippen molar-refractivity contribution in [3.8, 4) is 0 Å². The first-order valence-electron chi connectivity index (χ1n) is 13.7. The average Bonchev–Trinajstić information content (AvgIpc) is 3.28. The molecule has 4 N–H and O–H groups in total. The minimum atomic E-state index is 0.536. The lowest BCUT2D eigenvalue weighted by Gasteiger charge is -2.11. The van der Waals surface area contributed by atoms with Gasteiger partial charge in [-0.25, -0.2) is 15.0 Å². The molecule has 0 unspecified atom stereocenters. The van der Waals surface area contributed by atoms with E-state index in [9.17, 15) is 0 Å². The van der Waals surface area contributed by atoms with E-state index in [1.165, 1.54) is 83.5 Å². The lowest BCUT2D eigenvalue weighted by Crippen LogP contribution is -2.09. The summed E-state index contributed by atoms with van der Waals surface area (Å²) in [7, 11) is 0. The van der Waals surface area contributed by atoms with Crippen molar-refractivity contribution in [2.75, 3.05) is 22.9 Å². The molecule has 0 fully saturated rings. The number of fused-ring (bicyclic) bond motifs is 1. The molecule has 0 atom stereocenters. The Labute approximate surface area is 215 Å². The summed E-state index contributed by atoms with van der Waals surface area (Å²) in [5.74, 6) is 1.29. The van der Waals surface area contributed by atoms with Crippen LogP contribution in [0.3, 0.4) is 0 Å². The summed E-state index contributed by atoms with van der Waals surface area (Å²) in [6.45, 7) is 5.23. The standard InChI is InChI=1S/C28H44N6S/c1-3-4-5-6-7-8-9-10-11-12-13-14-15-16-20-30-26-24(29)27(32-21-31-26)34-28-33-25-22(2)18-17-19-23(25)35-28/h17-19,21H,3-16,20,29H2,1-2H3,(H2,30,31,32,33,34). The fourth-order valence-electron chi connectivity index (χ4n) is 4.40. The Morgan fingerprint density at radius 1 is 0.800 bits per heavy atom. The largest absolute Gasteiger partial charge is 0.393 e. The van der Waals surface area contributed by atoms with E-state index in [0.29, 0.717) is 17.3 Å². The van der Waals surface area contributed by atoms with E-state index in [0.717, 1.165) is 33.9 Å². The van der Waals surface area contributed by atoms with Gasteiger partial charge in [0.15, 0.2) is 16.8 Å². The van der Waals surface area contributed by atoms with Crippen LogP contribution in [0.5, 0.6) is 0 Å². The number of rotatable bonds is 18. The van der Waals surface area contributed by atoms with Gasteiger partial charge in [-0.1, -0.05) is 114 Å². The van der Waals surface area contributed by atoms with Crippen molar-refractivity contribution < 1.29 is 0 Å². The first-order chi connectivity index (χ1) is 17.2. The number of benzene rings is 1. The van der Waals surface area contributed by atoms with Gasteiger partial charge in [-0.2, -0.15) is 0 Å². The van der Waals surface area contributed by atoms with Crippen LogP contribution in [0.2, 0.25) is 0 Å². The van der Waals surface area contributed by atoms with Gasteiger partial charge in [0.2, 0.25) is 0 Å². The van der Waals surface area contributed by atoms with Gasteiger partial charge in [-0.3, -0.25) is 0 Å². The summed E-state index contributed by atoms with van der Waals surface area (Å²) in [4.78, 5) is 13.4. The smallest absolute Gasteiger partial charge is 0.189 e. The van der Waals surface area contributed by atoms with Crippen LogP contribution in [0, 0.1) is 6.92 Å². The zero-order valence-corrected chi connectivity index (χ0v) is 22.6. The molecule has 0 amide bonds. The van der Waals surface area contributed by atoms with Gasteiger partial charge in [-0.05, 0) is 25.0 Å². The van der Waals surface area contributed by atoms with Gasteiger partial charge in [0, 0.05) is 6.54 Å². The lowest BCUT2D eigenvalue weighted by atomic mass is 10.0. The SMILES string of the molecule is CCCCCCCCCCCCCCCCNc1ncnc(Nc2nc3c(C)cccc3s2)c1N. The molecule has 0 aliphatic carbocycles. The Morgan fingerprint density at radius 3 is 2.03 bits per heavy atom. The van der Waals surface area contributed by atoms with Crippen LogP contribution in [-0.2, 0) is 0 Å². The molecule has 0 saturated heterocycles. The van der Waals surface area contributed by atoms with E-state index >= 15 is 0 Å². The maximum atomic E-state index is 6.34. The van der Waals surface area contributed by atoms with Crippen molar-refractivity contribution in [2.45, 2.75) is 104 Å². The number of hydrogen-bond donors (Lipinski definition) is 3. The Balaban J connectivity index is 1.27. The summed E-state index contributed by atoms with van der Waals surface area (Å²) in [6, 6.07) is 6.21. The molecule has 0 spiro atoms. The fourth-order valence-corrected chi connectivity index (χ4v) is 5.35. The number of nitrogens with one attached hydrogen (secondary N) is 2. The van der Waals surface area contributed by atoms with Crippen LogP contribution >= 0.6 is 11.3 Å². The van der Waals surface area contributed by atoms with Crippen molar-refractivity contribution in [1.82, 2.24) is 15.0 Å². The molecule has 0 saturated carbocycles. The first-order valence-corrected chi connectivity index (χ1v) is 14.5. The quantitative estimate of drug-likeness (QED) is 0.153. The number of para-hydroxylation sites is 1. The Kier molecular flexibility index (Phi) is 12.1. The van der Waals surface area contributed by atoms with E-state index in [1.54, 1.807) is 17.7 Å². The molecule has 6 nitrogen and oxygen atoms in total. The van der Waals surface area contributed by atoms with E-state index in [2.05, 4.69) is 52.6 Å². The summed E-state index contributed by atoms with van der Waals surface area (Å²) in [5, 5.41) is 7.45. The van der Waals surface area contributed by atoms with Crippen molar-refractivity contribution >= 4 is 44.0 Å². The molecule has 0 bridgehead atoms. The Morgan fingerprint density at radius 2 is 1.40 bits per heavy atom. The normalized spacial score (nSPS) is 11.3. The van der Waals surface area contributed by atoms with E-state index < -0.39 is 0 Å². The third-order valence-corrected chi connectivity index (χ3v) is 7.49. The molecule has 2 heterocycles. The molecule has 192 valence electrons. The summed E-state index contributed by atoms with van der Waals surface area (Å²) in [6.07, 6.45) is 20.7. The highest BCUT2D eigenvalue weighted by Crippen LogP contribution is 2.32. The van der Waals surface area contributed by atoms with E-state index in [-0.39, 0.29) is 0 Å². The summed E-state index contributed by atoms with van der Waals surface area (Å²) >= 11 is 1.60. The van der Waals surface area contributed by atoms with E-state index in [4.69, 9.17) is 10.7 Å². The summed E-state index contributed by atoms with van der Waals surface area (Å²) < 4.78 is 1.15. The minimum absolute atomic E-state index is 0.536. The second-order valence-electron chi connectivity index (χ2n) is 9.57. The monoisotopic (exact) mass is 496 g/mol. The predicted octanol–water partition coefficient (Wildman–Crippen LogP) is 8.61. The van der Waals surface area contributed by atoms with Crippen LogP contribution in [0.25, 0.3) is 10.2 Å². The highest BCUT2D eigenvalue weighted by atomic mass is 32.1. The molecule has 0 radical (unpaired) electrons. The van der Waals surface area contributed by atoms with Gasteiger partial charge >= 0.3 is 0 Å². The molecule has 0 aliphatic rings. The predicted molar refractivity (Wildman–Crippen MR) is 153 cm³/mol. The number of aromatic nitrogens is 3. The highest BCUT2D eigenvalue weighted by molar-refractivity contribution is 7.22. The molecule has 35 heavy (non-hydrogen) atoms. The third-order valence-electron chi connectivity index (χ3n) is 6.55. The van der Waals surface area contributed by atoms with Crippen LogP contribution < -0.4 is 16.4 Å². The summed E-state index contributed by atoms with van der Waals surface area (Å²) in [5.41, 5.74) is 9.06. The number of nitrogens with two attached hydrogens (primary N) is 1. The molecule has 3 aromatic rings. The molecule has 1 aromatic carbocycles. The molecule has 2 aromatic heterocycles. The van der Waals surface area contributed by atoms with Crippen LogP contribution in [-0.4, -0.2) is 21.5 Å². The second-order valence-corrected chi connectivity index (χ2v) is 10.6. The second kappa shape index (κ2) is 15.6. The third kappa shape index (κ3) is 9.28. The zero-order valence-electron chi connectivity index (χ0n) is 21.7.